The minimum atomic E-state index is -0.197. The highest BCUT2D eigenvalue weighted by Crippen LogP contribution is 2.35. The van der Waals surface area contributed by atoms with E-state index in [1.165, 1.54) is 55.4 Å². The van der Waals surface area contributed by atoms with Gasteiger partial charge in [-0.3, -0.25) is 9.78 Å². The van der Waals surface area contributed by atoms with Crippen LogP contribution < -0.4 is 5.32 Å². The van der Waals surface area contributed by atoms with Crippen molar-refractivity contribution >= 4 is 6.41 Å². The van der Waals surface area contributed by atoms with Gasteiger partial charge in [-0.1, -0.05) is 32.4 Å². The molecule has 0 atom stereocenters. The Labute approximate surface area is 198 Å². The Hall–Kier alpha value is -2.95. The van der Waals surface area contributed by atoms with E-state index >= 15 is 0 Å². The highest BCUT2D eigenvalue weighted by Gasteiger charge is 2.22. The molecule has 0 bridgehead atoms. The van der Waals surface area contributed by atoms with Gasteiger partial charge in [0, 0.05) is 36.4 Å². The monoisotopic (exact) mass is 451 g/mol. The van der Waals surface area contributed by atoms with Gasteiger partial charge in [-0.15, -0.1) is 0 Å². The molecule has 1 fully saturated rings. The summed E-state index contributed by atoms with van der Waals surface area (Å²) in [4.78, 5) is 17.5. The van der Waals surface area contributed by atoms with E-state index in [2.05, 4.69) is 41.3 Å². The summed E-state index contributed by atoms with van der Waals surface area (Å²) in [5.41, 5.74) is 5.87. The second-order valence-electron chi connectivity index (χ2n) is 8.74. The summed E-state index contributed by atoms with van der Waals surface area (Å²) >= 11 is 0. The molecule has 0 aliphatic heterocycles. The summed E-state index contributed by atoms with van der Waals surface area (Å²) in [6.07, 6.45) is 12.7. The predicted molar refractivity (Wildman–Crippen MR) is 135 cm³/mol. The first-order chi connectivity index (χ1) is 16.0. The summed E-state index contributed by atoms with van der Waals surface area (Å²) in [5, 5.41) is 2.79. The number of rotatable bonds is 5. The number of aryl methyl sites for hydroxylation is 2. The summed E-state index contributed by atoms with van der Waals surface area (Å²) in [6.45, 7) is 9.16. The summed E-state index contributed by atoms with van der Waals surface area (Å²) in [6, 6.07) is 10.9. The van der Waals surface area contributed by atoms with Crippen molar-refractivity contribution < 1.29 is 9.18 Å². The molecular weight excluding hydrogens is 413 g/mol. The number of hydrogen-bond acceptors (Lipinski definition) is 2. The molecule has 0 saturated heterocycles. The van der Waals surface area contributed by atoms with Gasteiger partial charge in [-0.05, 0) is 92.3 Å². The quantitative estimate of drug-likeness (QED) is 0.412. The summed E-state index contributed by atoms with van der Waals surface area (Å²) < 4.78 is 12.6. The molecule has 4 rings (SSSR count). The number of nitrogens with zero attached hydrogens (tertiary/aromatic N) is 1. The van der Waals surface area contributed by atoms with Gasteiger partial charge in [-0.25, -0.2) is 4.39 Å². The molecule has 0 spiro atoms. The lowest BCUT2D eigenvalue weighted by Gasteiger charge is -2.28. The second-order valence-corrected chi connectivity index (χ2v) is 8.74. The van der Waals surface area contributed by atoms with Crippen molar-refractivity contribution in [1.29, 1.82) is 0 Å². The number of carbonyl (C=O) groups excluding carboxylic acids is 1. The Morgan fingerprint density at radius 1 is 1.06 bits per heavy atom. The average molecular weight is 452 g/mol. The van der Waals surface area contributed by atoms with Crippen LogP contribution in [0.4, 0.5) is 4.39 Å². The third-order valence-corrected chi connectivity index (χ3v) is 5.84. The fourth-order valence-electron chi connectivity index (χ4n) is 4.12. The van der Waals surface area contributed by atoms with Crippen LogP contribution in [0.3, 0.4) is 0 Å². The van der Waals surface area contributed by atoms with E-state index in [4.69, 9.17) is 0 Å². The van der Waals surface area contributed by atoms with Crippen molar-refractivity contribution in [3.63, 3.8) is 0 Å². The lowest BCUT2D eigenvalue weighted by atomic mass is 9.79. The molecule has 4 nitrogen and oxygen atoms in total. The van der Waals surface area contributed by atoms with Gasteiger partial charge in [-0.2, -0.15) is 0 Å². The molecule has 1 aliphatic carbocycles. The first-order valence-electron chi connectivity index (χ1n) is 12.0. The Morgan fingerprint density at radius 2 is 1.73 bits per heavy atom. The molecule has 1 aliphatic rings. The van der Waals surface area contributed by atoms with Crippen molar-refractivity contribution in [3.8, 4) is 11.1 Å². The zero-order chi connectivity index (χ0) is 24.1. The largest absolute Gasteiger partial charge is 0.367 e. The van der Waals surface area contributed by atoms with Crippen LogP contribution in [-0.4, -0.2) is 22.9 Å². The van der Waals surface area contributed by atoms with Gasteiger partial charge in [0.15, 0.2) is 0 Å². The number of aromatic nitrogens is 2. The van der Waals surface area contributed by atoms with Gasteiger partial charge in [0.2, 0.25) is 6.41 Å². The molecule has 1 saturated carbocycles. The number of carbonyl (C=O) groups is 1. The van der Waals surface area contributed by atoms with E-state index in [0.717, 1.165) is 29.8 Å². The maximum absolute atomic E-state index is 12.6. The third-order valence-electron chi connectivity index (χ3n) is 5.84. The number of hydrogen-bond donors (Lipinski definition) is 2. The number of pyridine rings is 1. The molecule has 3 aromatic rings. The zero-order valence-electron chi connectivity index (χ0n) is 20.4. The molecular formula is C28H38FN3O. The number of amides is 1. The van der Waals surface area contributed by atoms with E-state index in [0.29, 0.717) is 11.8 Å². The van der Waals surface area contributed by atoms with Gasteiger partial charge >= 0.3 is 0 Å². The number of halogens is 1. The molecule has 0 radical (unpaired) electrons. The maximum atomic E-state index is 12.6. The highest BCUT2D eigenvalue weighted by molar-refractivity contribution is 5.66. The molecule has 33 heavy (non-hydrogen) atoms. The molecule has 1 amide bonds. The molecule has 2 heterocycles. The molecule has 5 heteroatoms. The highest BCUT2D eigenvalue weighted by atomic mass is 19.1. The Kier molecular flexibility index (Phi) is 11.4. The van der Waals surface area contributed by atoms with Gasteiger partial charge in [0.05, 0.1) is 0 Å². The van der Waals surface area contributed by atoms with Crippen molar-refractivity contribution in [3.05, 3.63) is 77.6 Å². The van der Waals surface area contributed by atoms with Gasteiger partial charge < -0.3 is 10.3 Å². The van der Waals surface area contributed by atoms with Crippen molar-refractivity contribution in [2.24, 2.45) is 5.92 Å². The normalized spacial score (nSPS) is 17.1. The van der Waals surface area contributed by atoms with Gasteiger partial charge in [0.1, 0.15) is 5.82 Å². The lowest BCUT2D eigenvalue weighted by Crippen LogP contribution is -2.25. The van der Waals surface area contributed by atoms with Gasteiger partial charge in [0.25, 0.3) is 0 Å². The average Bonchev–Trinajstić information content (AvgIpc) is 3.25. The van der Waals surface area contributed by atoms with E-state index in [1.807, 2.05) is 32.4 Å². The van der Waals surface area contributed by atoms with Crippen molar-refractivity contribution in [1.82, 2.24) is 15.3 Å². The van der Waals surface area contributed by atoms with E-state index in [1.54, 1.807) is 12.1 Å². The lowest BCUT2D eigenvalue weighted by molar-refractivity contribution is -0.109. The third kappa shape index (κ3) is 8.83. The smallest absolute Gasteiger partial charge is 0.207 e. The standard InChI is InChI=1S/C14H20N2O.C11H10FN.C3H8/c1-11-8-14(6-7-16-11)13-4-2-12(3-5-13)9-15-10-17;1-8-6-13-7-11(8)9-2-4-10(12)5-3-9;1-3-2/h6-8,10,12-13H,2-5,9H2,1H3,(H,15,17);2-7,13H,1H3;3H2,1-2H3. The van der Waals surface area contributed by atoms with Crippen LogP contribution in [0.15, 0.2) is 55.0 Å². The minimum absolute atomic E-state index is 0.197. The Bertz CT molecular complexity index is 944. The fourth-order valence-corrected chi connectivity index (χ4v) is 4.12. The van der Waals surface area contributed by atoms with Crippen LogP contribution in [0.1, 0.15) is 68.7 Å². The first-order valence-corrected chi connectivity index (χ1v) is 12.0. The molecule has 2 N–H and O–H groups in total. The Balaban J connectivity index is 0.000000214. The first kappa shape index (κ1) is 26.3. The SMILES string of the molecule is CCC.Cc1c[nH]cc1-c1ccc(F)cc1.Cc1cc(C2CCC(CNC=O)CC2)ccn1. The fraction of sp³-hybridized carbons (Fsp3) is 0.429. The summed E-state index contributed by atoms with van der Waals surface area (Å²) in [7, 11) is 0. The summed E-state index contributed by atoms with van der Waals surface area (Å²) in [5.74, 6) is 1.15. The number of benzene rings is 1. The molecule has 1 aromatic carbocycles. The number of H-pyrrole nitrogens is 1. The van der Waals surface area contributed by atoms with E-state index < -0.39 is 0 Å². The van der Waals surface area contributed by atoms with Crippen LogP contribution in [0.5, 0.6) is 0 Å². The zero-order valence-corrected chi connectivity index (χ0v) is 20.4. The topological polar surface area (TPSA) is 57.8 Å². The van der Waals surface area contributed by atoms with Crippen LogP contribution >= 0.6 is 0 Å². The predicted octanol–water partition coefficient (Wildman–Crippen LogP) is 6.96. The van der Waals surface area contributed by atoms with Crippen molar-refractivity contribution in [2.45, 2.75) is 65.7 Å². The second kappa shape index (κ2) is 14.2. The molecule has 178 valence electrons. The van der Waals surface area contributed by atoms with Crippen LogP contribution in [0, 0.1) is 25.6 Å². The molecule has 0 unspecified atom stereocenters. The van der Waals surface area contributed by atoms with Crippen LogP contribution in [0.25, 0.3) is 11.1 Å². The Morgan fingerprint density at radius 3 is 2.27 bits per heavy atom. The van der Waals surface area contributed by atoms with E-state index in [9.17, 15) is 9.18 Å². The van der Waals surface area contributed by atoms with E-state index in [-0.39, 0.29) is 5.82 Å². The minimum Gasteiger partial charge on any atom is -0.367 e. The van der Waals surface area contributed by atoms with Crippen LogP contribution in [-0.2, 0) is 4.79 Å². The number of nitrogens with one attached hydrogen (secondary N) is 2. The van der Waals surface area contributed by atoms with Crippen molar-refractivity contribution in [2.75, 3.05) is 6.54 Å². The number of aromatic amines is 1. The van der Waals surface area contributed by atoms with Crippen LogP contribution in [0.2, 0.25) is 0 Å². The molecule has 2 aromatic heterocycles. The maximum Gasteiger partial charge on any atom is 0.207 e.